The molecule has 0 bridgehead atoms. The summed E-state index contributed by atoms with van der Waals surface area (Å²) in [5, 5.41) is 13.3. The highest BCUT2D eigenvalue weighted by molar-refractivity contribution is 5.72. The Morgan fingerprint density at radius 1 is 1.38 bits per heavy atom. The summed E-state index contributed by atoms with van der Waals surface area (Å²) in [7, 11) is 0. The molecule has 0 amide bonds. The molecule has 0 fully saturated rings. The fourth-order valence-electron chi connectivity index (χ4n) is 2.77. The van der Waals surface area contributed by atoms with Crippen molar-refractivity contribution in [3.05, 3.63) is 45.9 Å². The zero-order valence-electron chi connectivity index (χ0n) is 12.3. The summed E-state index contributed by atoms with van der Waals surface area (Å²) in [6.07, 6.45) is -1.26. The van der Waals surface area contributed by atoms with Gasteiger partial charge in [-0.05, 0) is 24.5 Å². The number of aromatic nitrogens is 4. The van der Waals surface area contributed by atoms with Crippen LogP contribution in [0.3, 0.4) is 0 Å². The Labute approximate surface area is 133 Å². The average Bonchev–Trinajstić information content (AvgIpc) is 2.83. The second-order valence-electron chi connectivity index (χ2n) is 5.55. The number of carboxylic acids is 1. The summed E-state index contributed by atoms with van der Waals surface area (Å²) < 4.78 is 40.2. The van der Waals surface area contributed by atoms with Crippen LogP contribution >= 0.6 is 0 Å². The molecule has 1 atom stereocenters. The Morgan fingerprint density at radius 3 is 2.79 bits per heavy atom. The molecule has 24 heavy (non-hydrogen) atoms. The molecular weight excluding hydrogens is 329 g/mol. The van der Waals surface area contributed by atoms with Gasteiger partial charge in [0.05, 0.1) is 12.1 Å². The molecule has 1 N–H and O–H groups in total. The third-order valence-electron chi connectivity index (χ3n) is 3.87. The SMILES string of the molecule is O=C(O)[C@@H]1CCCc2nn(Cc3cncc(C(F)(F)F)c3)c(=O)n21. The molecule has 0 radical (unpaired) electrons. The third-order valence-corrected chi connectivity index (χ3v) is 3.87. The van der Waals surface area contributed by atoms with E-state index < -0.39 is 29.4 Å². The van der Waals surface area contributed by atoms with Crippen molar-refractivity contribution in [1.82, 2.24) is 19.3 Å². The fourth-order valence-corrected chi connectivity index (χ4v) is 2.77. The molecule has 0 saturated heterocycles. The molecule has 0 aromatic carbocycles. The first-order valence-electron chi connectivity index (χ1n) is 7.19. The molecule has 0 aliphatic carbocycles. The number of pyridine rings is 1. The van der Waals surface area contributed by atoms with Gasteiger partial charge in [0, 0.05) is 18.8 Å². The second kappa shape index (κ2) is 5.77. The Balaban J connectivity index is 1.95. The van der Waals surface area contributed by atoms with E-state index in [1.807, 2.05) is 0 Å². The Hall–Kier alpha value is -2.65. The third kappa shape index (κ3) is 2.91. The van der Waals surface area contributed by atoms with Gasteiger partial charge in [0.2, 0.25) is 0 Å². The van der Waals surface area contributed by atoms with E-state index in [0.717, 1.165) is 15.3 Å². The van der Waals surface area contributed by atoms with Gasteiger partial charge >= 0.3 is 17.8 Å². The quantitative estimate of drug-likeness (QED) is 0.912. The standard InChI is InChI=1S/C14H13F3N4O3/c15-14(16,17)9-4-8(5-18-6-9)7-20-13(24)21-10(12(22)23)2-1-3-11(21)19-20/h4-6,10H,1-3,7H2,(H,22,23)/t10-/m0/s1. The second-order valence-corrected chi connectivity index (χ2v) is 5.55. The van der Waals surface area contributed by atoms with Crippen molar-refractivity contribution in [2.24, 2.45) is 0 Å². The van der Waals surface area contributed by atoms with E-state index in [0.29, 0.717) is 31.3 Å². The van der Waals surface area contributed by atoms with Gasteiger partial charge in [-0.25, -0.2) is 14.3 Å². The number of aryl methyl sites for hydroxylation is 1. The van der Waals surface area contributed by atoms with Crippen molar-refractivity contribution >= 4 is 5.97 Å². The van der Waals surface area contributed by atoms with E-state index >= 15 is 0 Å². The van der Waals surface area contributed by atoms with Crippen molar-refractivity contribution in [3.63, 3.8) is 0 Å². The van der Waals surface area contributed by atoms with Gasteiger partial charge in [-0.2, -0.15) is 18.3 Å². The highest BCUT2D eigenvalue weighted by Gasteiger charge is 2.32. The number of fused-ring (bicyclic) bond motifs is 1. The van der Waals surface area contributed by atoms with Crippen LogP contribution in [0.4, 0.5) is 13.2 Å². The van der Waals surface area contributed by atoms with Crippen LogP contribution in [0.15, 0.2) is 23.3 Å². The minimum Gasteiger partial charge on any atom is -0.480 e. The number of carboxylic acid groups (broad SMARTS) is 1. The maximum Gasteiger partial charge on any atom is 0.417 e. The largest absolute Gasteiger partial charge is 0.480 e. The number of carbonyl (C=O) groups is 1. The predicted molar refractivity (Wildman–Crippen MR) is 74.4 cm³/mol. The minimum atomic E-state index is -4.53. The van der Waals surface area contributed by atoms with Crippen LogP contribution in [-0.2, 0) is 23.9 Å². The molecule has 0 saturated carbocycles. The van der Waals surface area contributed by atoms with E-state index in [1.54, 1.807) is 0 Å². The first-order valence-corrected chi connectivity index (χ1v) is 7.19. The van der Waals surface area contributed by atoms with E-state index in [2.05, 4.69) is 10.1 Å². The van der Waals surface area contributed by atoms with Crippen LogP contribution in [0.5, 0.6) is 0 Å². The summed E-state index contributed by atoms with van der Waals surface area (Å²) in [6.45, 7) is -0.206. The Bertz CT molecular complexity index is 841. The van der Waals surface area contributed by atoms with Crippen molar-refractivity contribution in [3.8, 4) is 0 Å². The molecule has 0 spiro atoms. The van der Waals surface area contributed by atoms with Gasteiger partial charge in [0.1, 0.15) is 11.9 Å². The maximum absolute atomic E-state index is 12.7. The van der Waals surface area contributed by atoms with E-state index in [1.165, 1.54) is 6.20 Å². The maximum atomic E-state index is 12.7. The van der Waals surface area contributed by atoms with Crippen molar-refractivity contribution < 1.29 is 23.1 Å². The van der Waals surface area contributed by atoms with E-state index in [9.17, 15) is 27.9 Å². The highest BCUT2D eigenvalue weighted by Crippen LogP contribution is 2.29. The predicted octanol–water partition coefficient (Wildman–Crippen LogP) is 1.47. The van der Waals surface area contributed by atoms with Gasteiger partial charge in [-0.1, -0.05) is 0 Å². The van der Waals surface area contributed by atoms with Gasteiger partial charge in [0.25, 0.3) is 0 Å². The van der Waals surface area contributed by atoms with Crippen LogP contribution in [0.2, 0.25) is 0 Å². The summed E-state index contributed by atoms with van der Waals surface area (Å²) in [6, 6.07) is -0.0958. The normalized spacial score (nSPS) is 17.5. The van der Waals surface area contributed by atoms with Crippen molar-refractivity contribution in [1.29, 1.82) is 0 Å². The molecule has 10 heteroatoms. The molecule has 2 aromatic rings. The van der Waals surface area contributed by atoms with Gasteiger partial charge < -0.3 is 5.11 Å². The number of rotatable bonds is 3. The molecule has 128 valence electrons. The summed E-state index contributed by atoms with van der Waals surface area (Å²) in [5.41, 5.74) is -1.40. The van der Waals surface area contributed by atoms with Crippen LogP contribution in [-0.4, -0.2) is 30.4 Å². The molecule has 0 unspecified atom stereocenters. The van der Waals surface area contributed by atoms with Crippen LogP contribution in [0.25, 0.3) is 0 Å². The van der Waals surface area contributed by atoms with Gasteiger partial charge in [0.15, 0.2) is 0 Å². The van der Waals surface area contributed by atoms with Crippen LogP contribution in [0.1, 0.15) is 35.8 Å². The van der Waals surface area contributed by atoms with Crippen molar-refractivity contribution in [2.45, 2.75) is 38.0 Å². The molecule has 3 heterocycles. The number of hydrogen-bond donors (Lipinski definition) is 1. The lowest BCUT2D eigenvalue weighted by molar-refractivity contribution is -0.141. The molecule has 1 aliphatic rings. The first-order chi connectivity index (χ1) is 11.3. The Morgan fingerprint density at radius 2 is 2.12 bits per heavy atom. The van der Waals surface area contributed by atoms with Gasteiger partial charge in [-0.3, -0.25) is 9.55 Å². The van der Waals surface area contributed by atoms with Gasteiger partial charge in [-0.15, -0.1) is 0 Å². The average molecular weight is 342 g/mol. The molecule has 3 rings (SSSR count). The first kappa shape index (κ1) is 16.2. The number of nitrogens with zero attached hydrogens (tertiary/aromatic N) is 4. The lowest BCUT2D eigenvalue weighted by Crippen LogP contribution is -2.34. The van der Waals surface area contributed by atoms with Crippen LogP contribution < -0.4 is 5.69 Å². The molecule has 1 aliphatic heterocycles. The lowest BCUT2D eigenvalue weighted by Gasteiger charge is -2.19. The topological polar surface area (TPSA) is 90.0 Å². The lowest BCUT2D eigenvalue weighted by atomic mass is 10.1. The summed E-state index contributed by atoms with van der Waals surface area (Å²) in [4.78, 5) is 27.2. The fraction of sp³-hybridized carbons (Fsp3) is 0.429. The highest BCUT2D eigenvalue weighted by atomic mass is 19.4. The zero-order chi connectivity index (χ0) is 17.5. The summed E-state index contributed by atoms with van der Waals surface area (Å²) in [5.74, 6) is -0.795. The number of aliphatic carboxylic acids is 1. The van der Waals surface area contributed by atoms with E-state index in [-0.39, 0.29) is 12.1 Å². The van der Waals surface area contributed by atoms with E-state index in [4.69, 9.17) is 0 Å². The molecule has 7 nitrogen and oxygen atoms in total. The number of hydrogen-bond acceptors (Lipinski definition) is 4. The van der Waals surface area contributed by atoms with Crippen LogP contribution in [0, 0.1) is 0 Å². The van der Waals surface area contributed by atoms with Crippen molar-refractivity contribution in [2.75, 3.05) is 0 Å². The Kier molecular flexibility index (Phi) is 3.90. The summed E-state index contributed by atoms with van der Waals surface area (Å²) >= 11 is 0. The zero-order valence-corrected chi connectivity index (χ0v) is 12.3. The number of halogens is 3. The molecule has 2 aromatic heterocycles. The molecular formula is C14H13F3N4O3. The smallest absolute Gasteiger partial charge is 0.417 e. The minimum absolute atomic E-state index is 0.161. The number of alkyl halides is 3. The monoisotopic (exact) mass is 342 g/mol.